The van der Waals surface area contributed by atoms with Gasteiger partial charge in [0, 0.05) is 57.3 Å². The van der Waals surface area contributed by atoms with Gasteiger partial charge < -0.3 is 9.47 Å². The Kier molecular flexibility index (Phi) is 5.46. The first-order valence-corrected chi connectivity index (χ1v) is 9.33. The van der Waals surface area contributed by atoms with Gasteiger partial charge in [0.25, 0.3) is 11.1 Å². The number of rotatable bonds is 4. The Labute approximate surface area is 159 Å². The lowest BCUT2D eigenvalue weighted by molar-refractivity contribution is 0.241. The van der Waals surface area contributed by atoms with Crippen molar-refractivity contribution in [1.82, 2.24) is 24.2 Å². The van der Waals surface area contributed by atoms with E-state index >= 15 is 0 Å². The van der Waals surface area contributed by atoms with Gasteiger partial charge in [-0.05, 0) is 6.07 Å². The molecule has 0 saturated carbocycles. The summed E-state index contributed by atoms with van der Waals surface area (Å²) in [5, 5.41) is 4.53. The van der Waals surface area contributed by atoms with Crippen LogP contribution in [0.2, 0.25) is 0 Å². The number of aryl methyl sites for hydroxylation is 1. The van der Waals surface area contributed by atoms with Crippen molar-refractivity contribution in [3.05, 3.63) is 50.9 Å². The van der Waals surface area contributed by atoms with Crippen LogP contribution in [-0.4, -0.2) is 57.0 Å². The van der Waals surface area contributed by atoms with Crippen LogP contribution in [0.4, 0.5) is 5.82 Å². The summed E-state index contributed by atoms with van der Waals surface area (Å²) >= 11 is 0. The van der Waals surface area contributed by atoms with E-state index in [4.69, 9.17) is 0 Å². The first kappa shape index (κ1) is 19.3. The Hall–Kier alpha value is -2.48. The SMILES string of the molecule is Cn1cnc(N2CCN(CCn3nc(C(C)(C)C)ccc3=O)CC2)cc1=O. The number of anilines is 1. The fraction of sp³-hybridized carbons (Fsp3) is 0.579. The highest BCUT2D eigenvalue weighted by molar-refractivity contribution is 5.37. The number of hydrogen-bond acceptors (Lipinski definition) is 6. The zero-order valence-electron chi connectivity index (χ0n) is 16.6. The van der Waals surface area contributed by atoms with Gasteiger partial charge in [0.05, 0.1) is 18.6 Å². The van der Waals surface area contributed by atoms with E-state index < -0.39 is 0 Å². The Morgan fingerprint density at radius 2 is 1.70 bits per heavy atom. The second kappa shape index (κ2) is 7.64. The largest absolute Gasteiger partial charge is 0.354 e. The zero-order chi connectivity index (χ0) is 19.6. The topological polar surface area (TPSA) is 76.3 Å². The minimum absolute atomic E-state index is 0.0494. The number of hydrogen-bond donors (Lipinski definition) is 0. The molecule has 0 atom stereocenters. The third kappa shape index (κ3) is 4.63. The van der Waals surface area contributed by atoms with Crippen LogP contribution in [0.25, 0.3) is 0 Å². The predicted octanol–water partition coefficient (Wildman–Crippen LogP) is 0.457. The maximum Gasteiger partial charge on any atom is 0.266 e. The molecule has 0 unspecified atom stereocenters. The van der Waals surface area contributed by atoms with Gasteiger partial charge in [0.15, 0.2) is 0 Å². The quantitative estimate of drug-likeness (QED) is 0.776. The predicted molar refractivity (Wildman–Crippen MR) is 105 cm³/mol. The fourth-order valence-electron chi connectivity index (χ4n) is 3.07. The molecule has 3 rings (SSSR count). The fourth-order valence-corrected chi connectivity index (χ4v) is 3.07. The Morgan fingerprint density at radius 3 is 2.33 bits per heavy atom. The van der Waals surface area contributed by atoms with Crippen LogP contribution in [0.1, 0.15) is 26.5 Å². The molecule has 1 saturated heterocycles. The number of piperazine rings is 1. The van der Waals surface area contributed by atoms with Crippen molar-refractivity contribution in [2.45, 2.75) is 32.7 Å². The lowest BCUT2D eigenvalue weighted by Crippen LogP contribution is -2.48. The summed E-state index contributed by atoms with van der Waals surface area (Å²) in [6.45, 7) is 11.0. The molecule has 2 aromatic rings. The Morgan fingerprint density at radius 1 is 1.00 bits per heavy atom. The molecular weight excluding hydrogens is 344 g/mol. The van der Waals surface area contributed by atoms with E-state index in [2.05, 4.69) is 40.7 Å². The van der Waals surface area contributed by atoms with Crippen LogP contribution in [-0.2, 0) is 19.0 Å². The molecule has 0 amide bonds. The van der Waals surface area contributed by atoms with Crippen molar-refractivity contribution < 1.29 is 0 Å². The first-order valence-electron chi connectivity index (χ1n) is 9.33. The van der Waals surface area contributed by atoms with Gasteiger partial charge in [-0.3, -0.25) is 14.5 Å². The Balaban J connectivity index is 1.58. The van der Waals surface area contributed by atoms with Gasteiger partial charge >= 0.3 is 0 Å². The van der Waals surface area contributed by atoms with Crippen LogP contribution in [0.15, 0.2) is 34.1 Å². The molecule has 1 aliphatic heterocycles. The van der Waals surface area contributed by atoms with Gasteiger partial charge in [-0.25, -0.2) is 9.67 Å². The molecule has 3 heterocycles. The second-order valence-corrected chi connectivity index (χ2v) is 8.05. The average molecular weight is 372 g/mol. The molecule has 0 bridgehead atoms. The molecule has 1 fully saturated rings. The van der Waals surface area contributed by atoms with Crippen molar-refractivity contribution in [2.75, 3.05) is 37.6 Å². The molecule has 0 aromatic carbocycles. The maximum absolute atomic E-state index is 12.1. The van der Waals surface area contributed by atoms with E-state index in [1.807, 2.05) is 6.07 Å². The highest BCUT2D eigenvalue weighted by atomic mass is 16.1. The third-order valence-corrected chi connectivity index (χ3v) is 4.92. The molecule has 2 aromatic heterocycles. The van der Waals surface area contributed by atoms with Crippen LogP contribution < -0.4 is 16.0 Å². The van der Waals surface area contributed by atoms with E-state index in [1.165, 1.54) is 4.57 Å². The summed E-state index contributed by atoms with van der Waals surface area (Å²) in [6.07, 6.45) is 1.56. The summed E-state index contributed by atoms with van der Waals surface area (Å²) in [6, 6.07) is 5.00. The van der Waals surface area contributed by atoms with E-state index in [0.717, 1.165) is 44.2 Å². The highest BCUT2D eigenvalue weighted by Crippen LogP contribution is 2.18. The molecule has 146 valence electrons. The summed E-state index contributed by atoms with van der Waals surface area (Å²) in [5.41, 5.74) is 0.724. The van der Waals surface area contributed by atoms with Crippen LogP contribution >= 0.6 is 0 Å². The Bertz CT molecular complexity index is 903. The average Bonchev–Trinajstić information content (AvgIpc) is 2.63. The smallest absolute Gasteiger partial charge is 0.266 e. The van der Waals surface area contributed by atoms with E-state index in [9.17, 15) is 9.59 Å². The van der Waals surface area contributed by atoms with E-state index in [1.54, 1.807) is 30.2 Å². The minimum atomic E-state index is -0.0825. The van der Waals surface area contributed by atoms with E-state index in [0.29, 0.717) is 6.54 Å². The monoisotopic (exact) mass is 372 g/mol. The van der Waals surface area contributed by atoms with Crippen LogP contribution in [0.5, 0.6) is 0 Å². The molecule has 8 heteroatoms. The van der Waals surface area contributed by atoms with Gasteiger partial charge in [0.1, 0.15) is 5.82 Å². The molecular formula is C19H28N6O2. The van der Waals surface area contributed by atoms with Gasteiger partial charge in [0.2, 0.25) is 0 Å². The zero-order valence-corrected chi connectivity index (χ0v) is 16.6. The first-order chi connectivity index (χ1) is 12.7. The molecule has 27 heavy (non-hydrogen) atoms. The van der Waals surface area contributed by atoms with Crippen molar-refractivity contribution in [3.63, 3.8) is 0 Å². The van der Waals surface area contributed by atoms with Crippen molar-refractivity contribution in [3.8, 4) is 0 Å². The normalized spacial score (nSPS) is 15.9. The van der Waals surface area contributed by atoms with Crippen LogP contribution in [0, 0.1) is 0 Å². The number of aromatic nitrogens is 4. The van der Waals surface area contributed by atoms with Crippen LogP contribution in [0.3, 0.4) is 0 Å². The van der Waals surface area contributed by atoms with Gasteiger partial charge in [-0.15, -0.1) is 0 Å². The molecule has 0 aliphatic carbocycles. The van der Waals surface area contributed by atoms with Crippen molar-refractivity contribution >= 4 is 5.82 Å². The summed E-state index contributed by atoms with van der Waals surface area (Å²) < 4.78 is 3.03. The summed E-state index contributed by atoms with van der Waals surface area (Å²) in [7, 11) is 1.70. The highest BCUT2D eigenvalue weighted by Gasteiger charge is 2.20. The molecule has 0 radical (unpaired) electrons. The van der Waals surface area contributed by atoms with Gasteiger partial charge in [-0.2, -0.15) is 5.10 Å². The molecule has 1 aliphatic rings. The standard InChI is InChI=1S/C19H28N6O2/c1-19(2,3)15-5-6-17(26)25(21-15)12-9-23-7-10-24(11-8-23)16-13-18(27)22(4)14-20-16/h5-6,13-14H,7-12H2,1-4H3. The summed E-state index contributed by atoms with van der Waals surface area (Å²) in [5.74, 6) is 0.730. The lowest BCUT2D eigenvalue weighted by atomic mass is 9.92. The van der Waals surface area contributed by atoms with Crippen molar-refractivity contribution in [2.24, 2.45) is 7.05 Å². The van der Waals surface area contributed by atoms with Gasteiger partial charge in [-0.1, -0.05) is 20.8 Å². The lowest BCUT2D eigenvalue weighted by Gasteiger charge is -2.35. The third-order valence-electron chi connectivity index (χ3n) is 4.92. The maximum atomic E-state index is 12.1. The molecule has 8 nitrogen and oxygen atoms in total. The molecule has 0 N–H and O–H groups in total. The van der Waals surface area contributed by atoms with E-state index in [-0.39, 0.29) is 16.5 Å². The minimum Gasteiger partial charge on any atom is -0.354 e. The number of nitrogens with zero attached hydrogens (tertiary/aromatic N) is 6. The molecule has 0 spiro atoms. The van der Waals surface area contributed by atoms with Crippen molar-refractivity contribution in [1.29, 1.82) is 0 Å². The second-order valence-electron chi connectivity index (χ2n) is 8.05. The summed E-state index contributed by atoms with van der Waals surface area (Å²) in [4.78, 5) is 32.7.